The van der Waals surface area contributed by atoms with Gasteiger partial charge in [-0.2, -0.15) is 0 Å². The molecule has 1 aromatic rings. The van der Waals surface area contributed by atoms with Crippen molar-refractivity contribution in [3.63, 3.8) is 0 Å². The van der Waals surface area contributed by atoms with Crippen LogP contribution in [0.3, 0.4) is 0 Å². The van der Waals surface area contributed by atoms with Crippen LogP contribution in [-0.4, -0.2) is 31.1 Å². The Bertz CT molecular complexity index is 427. The van der Waals surface area contributed by atoms with Gasteiger partial charge in [0, 0.05) is 19.1 Å². The zero-order chi connectivity index (χ0) is 13.1. The molecule has 1 aliphatic heterocycles. The molecule has 19 heavy (non-hydrogen) atoms. The topological polar surface area (TPSA) is 15.3 Å². The lowest BCUT2D eigenvalue weighted by molar-refractivity contribution is 0.226. The molecule has 104 valence electrons. The first-order valence-corrected chi connectivity index (χ1v) is 7.57. The highest BCUT2D eigenvalue weighted by molar-refractivity contribution is 5.35. The normalized spacial score (nSPS) is 23.5. The van der Waals surface area contributed by atoms with Gasteiger partial charge >= 0.3 is 0 Å². The van der Waals surface area contributed by atoms with Crippen molar-refractivity contribution < 1.29 is 4.39 Å². The molecule has 2 aliphatic rings. The minimum atomic E-state index is -0.0298. The van der Waals surface area contributed by atoms with Crippen molar-refractivity contribution in [3.8, 4) is 0 Å². The van der Waals surface area contributed by atoms with Crippen molar-refractivity contribution >= 4 is 0 Å². The zero-order valence-electron chi connectivity index (χ0n) is 11.5. The molecule has 1 saturated heterocycles. The van der Waals surface area contributed by atoms with Crippen molar-refractivity contribution in [3.05, 3.63) is 35.1 Å². The molecule has 0 saturated carbocycles. The molecule has 1 aromatic carbocycles. The SMILES string of the molecule is Fc1cccc2c1CCC2NCCN1CCCCC1. The molecule has 0 aromatic heterocycles. The van der Waals surface area contributed by atoms with Gasteiger partial charge in [-0.1, -0.05) is 18.6 Å². The predicted octanol–water partition coefficient (Wildman–Crippen LogP) is 2.89. The second kappa shape index (κ2) is 6.02. The van der Waals surface area contributed by atoms with Crippen LogP contribution in [0.4, 0.5) is 4.39 Å². The van der Waals surface area contributed by atoms with Gasteiger partial charge in [0.15, 0.2) is 0 Å². The smallest absolute Gasteiger partial charge is 0.126 e. The molecule has 0 bridgehead atoms. The predicted molar refractivity (Wildman–Crippen MR) is 75.8 cm³/mol. The van der Waals surface area contributed by atoms with E-state index in [9.17, 15) is 4.39 Å². The highest BCUT2D eigenvalue weighted by atomic mass is 19.1. The van der Waals surface area contributed by atoms with Gasteiger partial charge in [0.25, 0.3) is 0 Å². The average molecular weight is 262 g/mol. The highest BCUT2D eigenvalue weighted by Crippen LogP contribution is 2.32. The fourth-order valence-corrected chi connectivity index (χ4v) is 3.40. The minimum absolute atomic E-state index is 0.0298. The van der Waals surface area contributed by atoms with Crippen LogP contribution in [0.2, 0.25) is 0 Å². The number of rotatable bonds is 4. The van der Waals surface area contributed by atoms with Gasteiger partial charge in [0.1, 0.15) is 5.82 Å². The maximum Gasteiger partial charge on any atom is 0.126 e. The van der Waals surface area contributed by atoms with Gasteiger partial charge in [-0.3, -0.25) is 0 Å². The quantitative estimate of drug-likeness (QED) is 0.897. The molecule has 3 rings (SSSR count). The van der Waals surface area contributed by atoms with Gasteiger partial charge in [-0.25, -0.2) is 4.39 Å². The Morgan fingerprint density at radius 1 is 1.21 bits per heavy atom. The summed E-state index contributed by atoms with van der Waals surface area (Å²) in [6, 6.07) is 5.84. The molecule has 1 fully saturated rings. The lowest BCUT2D eigenvalue weighted by Crippen LogP contribution is -2.36. The molecule has 1 atom stereocenters. The Balaban J connectivity index is 1.51. The first-order chi connectivity index (χ1) is 9.34. The number of benzene rings is 1. The Labute approximate surface area is 115 Å². The maximum atomic E-state index is 13.6. The summed E-state index contributed by atoms with van der Waals surface area (Å²) in [7, 11) is 0. The monoisotopic (exact) mass is 262 g/mol. The fourth-order valence-electron chi connectivity index (χ4n) is 3.40. The Morgan fingerprint density at radius 3 is 2.89 bits per heavy atom. The summed E-state index contributed by atoms with van der Waals surface area (Å²) in [5.74, 6) is -0.0298. The largest absolute Gasteiger partial charge is 0.309 e. The standard InChI is InChI=1S/C16H23FN2/c17-15-6-4-5-14-13(15)7-8-16(14)18-9-12-19-10-2-1-3-11-19/h4-6,16,18H,1-3,7-12H2. The number of halogens is 1. The van der Waals surface area contributed by atoms with E-state index in [1.807, 2.05) is 6.07 Å². The van der Waals surface area contributed by atoms with Crippen LogP contribution in [0.25, 0.3) is 0 Å². The molecular formula is C16H23FN2. The summed E-state index contributed by atoms with van der Waals surface area (Å²) in [6.07, 6.45) is 5.99. The van der Waals surface area contributed by atoms with Crippen LogP contribution in [0, 0.1) is 5.82 Å². The van der Waals surface area contributed by atoms with E-state index in [4.69, 9.17) is 0 Å². The van der Waals surface area contributed by atoms with Gasteiger partial charge < -0.3 is 10.2 Å². The number of hydrogen-bond donors (Lipinski definition) is 1. The van der Waals surface area contributed by atoms with Crippen LogP contribution < -0.4 is 5.32 Å². The number of nitrogens with zero attached hydrogens (tertiary/aromatic N) is 1. The molecular weight excluding hydrogens is 239 g/mol. The minimum Gasteiger partial charge on any atom is -0.309 e. The first-order valence-electron chi connectivity index (χ1n) is 7.57. The summed E-state index contributed by atoms with van der Waals surface area (Å²) >= 11 is 0. The lowest BCUT2D eigenvalue weighted by Gasteiger charge is -2.27. The second-order valence-electron chi connectivity index (χ2n) is 5.76. The Hall–Kier alpha value is -0.930. The third-order valence-electron chi connectivity index (χ3n) is 4.48. The van der Waals surface area contributed by atoms with E-state index in [2.05, 4.69) is 16.3 Å². The summed E-state index contributed by atoms with van der Waals surface area (Å²) in [5, 5.41) is 3.60. The molecule has 1 unspecified atom stereocenters. The second-order valence-corrected chi connectivity index (χ2v) is 5.76. The molecule has 1 heterocycles. The number of piperidine rings is 1. The van der Waals surface area contributed by atoms with Crippen molar-refractivity contribution in [2.75, 3.05) is 26.2 Å². The van der Waals surface area contributed by atoms with E-state index in [1.54, 1.807) is 6.07 Å². The molecule has 1 aliphatic carbocycles. The molecule has 0 radical (unpaired) electrons. The van der Waals surface area contributed by atoms with Crippen LogP contribution in [0.5, 0.6) is 0 Å². The van der Waals surface area contributed by atoms with Crippen LogP contribution in [-0.2, 0) is 6.42 Å². The fraction of sp³-hybridized carbons (Fsp3) is 0.625. The van der Waals surface area contributed by atoms with Crippen molar-refractivity contribution in [1.82, 2.24) is 10.2 Å². The van der Waals surface area contributed by atoms with Crippen LogP contribution in [0.15, 0.2) is 18.2 Å². The molecule has 0 amide bonds. The summed E-state index contributed by atoms with van der Waals surface area (Å²) in [6.45, 7) is 4.64. The average Bonchev–Trinajstić information content (AvgIpc) is 2.85. The van der Waals surface area contributed by atoms with Gasteiger partial charge in [-0.05, 0) is 56.0 Å². The summed E-state index contributed by atoms with van der Waals surface area (Å²) in [4.78, 5) is 2.54. The number of hydrogen-bond acceptors (Lipinski definition) is 2. The third kappa shape index (κ3) is 2.98. The molecule has 1 N–H and O–H groups in total. The molecule has 3 heteroatoms. The summed E-state index contributed by atoms with van der Waals surface area (Å²) in [5.41, 5.74) is 2.11. The lowest BCUT2D eigenvalue weighted by atomic mass is 10.1. The van der Waals surface area contributed by atoms with Gasteiger partial charge in [0.05, 0.1) is 0 Å². The number of likely N-dealkylation sites (tertiary alicyclic amines) is 1. The van der Waals surface area contributed by atoms with Crippen molar-refractivity contribution in [2.45, 2.75) is 38.1 Å². The van der Waals surface area contributed by atoms with Crippen molar-refractivity contribution in [2.24, 2.45) is 0 Å². The zero-order valence-corrected chi connectivity index (χ0v) is 11.5. The van der Waals surface area contributed by atoms with E-state index in [-0.39, 0.29) is 5.82 Å². The van der Waals surface area contributed by atoms with E-state index < -0.39 is 0 Å². The van der Waals surface area contributed by atoms with Crippen LogP contribution >= 0.6 is 0 Å². The van der Waals surface area contributed by atoms with E-state index in [0.29, 0.717) is 6.04 Å². The van der Waals surface area contributed by atoms with E-state index in [0.717, 1.165) is 31.5 Å². The van der Waals surface area contributed by atoms with Gasteiger partial charge in [-0.15, -0.1) is 0 Å². The molecule has 0 spiro atoms. The number of fused-ring (bicyclic) bond motifs is 1. The first kappa shape index (κ1) is 13.1. The Morgan fingerprint density at radius 2 is 2.05 bits per heavy atom. The third-order valence-corrected chi connectivity index (χ3v) is 4.48. The van der Waals surface area contributed by atoms with Crippen molar-refractivity contribution in [1.29, 1.82) is 0 Å². The number of nitrogens with one attached hydrogen (secondary N) is 1. The Kier molecular flexibility index (Phi) is 4.14. The summed E-state index contributed by atoms with van der Waals surface area (Å²) < 4.78 is 13.6. The van der Waals surface area contributed by atoms with E-state index >= 15 is 0 Å². The highest BCUT2D eigenvalue weighted by Gasteiger charge is 2.24. The van der Waals surface area contributed by atoms with E-state index in [1.165, 1.54) is 37.9 Å². The molecule has 2 nitrogen and oxygen atoms in total. The van der Waals surface area contributed by atoms with Gasteiger partial charge in [0.2, 0.25) is 0 Å². The van der Waals surface area contributed by atoms with Crippen LogP contribution in [0.1, 0.15) is 42.9 Å². The maximum absolute atomic E-state index is 13.6.